The van der Waals surface area contributed by atoms with E-state index in [0.717, 1.165) is 25.0 Å². The van der Waals surface area contributed by atoms with Gasteiger partial charge in [-0.15, -0.1) is 0 Å². The summed E-state index contributed by atoms with van der Waals surface area (Å²) in [6.07, 6.45) is 4.85. The zero-order valence-corrected chi connectivity index (χ0v) is 14.4. The van der Waals surface area contributed by atoms with Gasteiger partial charge in [-0.2, -0.15) is 0 Å². The number of methoxy groups -OCH3 is 2. The van der Waals surface area contributed by atoms with E-state index in [2.05, 4.69) is 5.32 Å². The summed E-state index contributed by atoms with van der Waals surface area (Å²) >= 11 is 0. The fraction of sp³-hybridized carbons (Fsp3) is 0.444. The normalized spacial score (nSPS) is 16.6. The first kappa shape index (κ1) is 18.8. The Morgan fingerprint density at radius 2 is 2.08 bits per heavy atom. The molecule has 1 atom stereocenters. The second-order valence-electron chi connectivity index (χ2n) is 5.49. The maximum Gasteiger partial charge on any atom is 0.331 e. The second kappa shape index (κ2) is 9.68. The molecule has 7 heteroatoms. The van der Waals surface area contributed by atoms with Crippen LogP contribution in [0.4, 0.5) is 0 Å². The Morgan fingerprint density at radius 3 is 2.76 bits per heavy atom. The second-order valence-corrected chi connectivity index (χ2v) is 5.49. The lowest BCUT2D eigenvalue weighted by Gasteiger charge is -2.10. The summed E-state index contributed by atoms with van der Waals surface area (Å²) in [5, 5.41) is 2.69. The lowest BCUT2D eigenvalue weighted by Crippen LogP contribution is -2.34. The van der Waals surface area contributed by atoms with Gasteiger partial charge in [-0.1, -0.05) is 6.07 Å². The quantitative estimate of drug-likeness (QED) is 0.566. The van der Waals surface area contributed by atoms with Crippen molar-refractivity contribution >= 4 is 18.0 Å². The number of rotatable bonds is 8. The Bertz CT molecular complexity index is 622. The van der Waals surface area contributed by atoms with Crippen molar-refractivity contribution in [3.8, 4) is 11.5 Å². The fourth-order valence-corrected chi connectivity index (χ4v) is 2.39. The van der Waals surface area contributed by atoms with E-state index in [1.165, 1.54) is 13.2 Å². The van der Waals surface area contributed by atoms with Gasteiger partial charge in [0.2, 0.25) is 0 Å². The molecular formula is C18H23NO6. The molecule has 2 rings (SSSR count). The van der Waals surface area contributed by atoms with Crippen molar-refractivity contribution in [2.24, 2.45) is 0 Å². The maximum absolute atomic E-state index is 11.7. The number of ether oxygens (including phenoxy) is 4. The van der Waals surface area contributed by atoms with Gasteiger partial charge in [-0.3, -0.25) is 4.79 Å². The highest BCUT2D eigenvalue weighted by Gasteiger charge is 2.16. The van der Waals surface area contributed by atoms with Crippen molar-refractivity contribution in [3.63, 3.8) is 0 Å². The highest BCUT2D eigenvalue weighted by molar-refractivity contribution is 5.89. The molecule has 1 saturated heterocycles. The SMILES string of the molecule is COc1ccc(/C=C/C(=O)OCC(=O)NC[C@H]2CCCO2)cc1OC. The summed E-state index contributed by atoms with van der Waals surface area (Å²) in [6.45, 7) is 0.857. The van der Waals surface area contributed by atoms with Gasteiger partial charge in [0.15, 0.2) is 18.1 Å². The van der Waals surface area contributed by atoms with Gasteiger partial charge in [0.25, 0.3) is 5.91 Å². The van der Waals surface area contributed by atoms with Gasteiger partial charge < -0.3 is 24.3 Å². The zero-order chi connectivity index (χ0) is 18.1. The van der Waals surface area contributed by atoms with Gasteiger partial charge in [0.05, 0.1) is 20.3 Å². The number of benzene rings is 1. The first-order valence-electron chi connectivity index (χ1n) is 8.07. The topological polar surface area (TPSA) is 83.1 Å². The summed E-state index contributed by atoms with van der Waals surface area (Å²) in [5.74, 6) is 0.224. The highest BCUT2D eigenvalue weighted by atomic mass is 16.5. The molecule has 0 unspecified atom stereocenters. The van der Waals surface area contributed by atoms with E-state index in [4.69, 9.17) is 18.9 Å². The Kier molecular flexibility index (Phi) is 7.28. The van der Waals surface area contributed by atoms with Crippen LogP contribution in [0.15, 0.2) is 24.3 Å². The van der Waals surface area contributed by atoms with Crippen molar-refractivity contribution in [1.82, 2.24) is 5.32 Å². The Morgan fingerprint density at radius 1 is 1.28 bits per heavy atom. The van der Waals surface area contributed by atoms with E-state index >= 15 is 0 Å². The molecule has 0 bridgehead atoms. The molecule has 1 N–H and O–H groups in total. The Hall–Kier alpha value is -2.54. The number of esters is 1. The standard InChI is InChI=1S/C18H23NO6/c1-22-15-7-5-13(10-16(15)23-2)6-8-18(21)25-12-17(20)19-11-14-4-3-9-24-14/h5-8,10,14H,3-4,9,11-12H2,1-2H3,(H,19,20)/b8-6+/t14-/m1/s1. The van der Waals surface area contributed by atoms with Crippen molar-refractivity contribution in [2.75, 3.05) is 34.0 Å². The minimum atomic E-state index is -0.595. The molecule has 7 nitrogen and oxygen atoms in total. The maximum atomic E-state index is 11.7. The van der Waals surface area contributed by atoms with Crippen LogP contribution in [0.3, 0.4) is 0 Å². The molecule has 0 spiro atoms. The number of hydrogen-bond acceptors (Lipinski definition) is 6. The monoisotopic (exact) mass is 349 g/mol. The van der Waals surface area contributed by atoms with E-state index in [1.807, 2.05) is 0 Å². The van der Waals surface area contributed by atoms with E-state index < -0.39 is 5.97 Å². The first-order valence-corrected chi connectivity index (χ1v) is 8.07. The molecule has 1 aromatic carbocycles. The fourth-order valence-electron chi connectivity index (χ4n) is 2.39. The van der Waals surface area contributed by atoms with Crippen LogP contribution in [0.5, 0.6) is 11.5 Å². The van der Waals surface area contributed by atoms with E-state index in [9.17, 15) is 9.59 Å². The van der Waals surface area contributed by atoms with Gasteiger partial charge in [-0.05, 0) is 36.6 Å². The Balaban J connectivity index is 1.75. The minimum absolute atomic E-state index is 0.0598. The van der Waals surface area contributed by atoms with Crippen molar-refractivity contribution in [1.29, 1.82) is 0 Å². The van der Waals surface area contributed by atoms with Crippen molar-refractivity contribution < 1.29 is 28.5 Å². The summed E-state index contributed by atoms with van der Waals surface area (Å²) in [4.78, 5) is 23.3. The summed E-state index contributed by atoms with van der Waals surface area (Å²) in [7, 11) is 3.09. The molecule has 0 radical (unpaired) electrons. The predicted molar refractivity (Wildman–Crippen MR) is 91.5 cm³/mol. The third kappa shape index (κ3) is 6.11. The minimum Gasteiger partial charge on any atom is -0.493 e. The average Bonchev–Trinajstić information content (AvgIpc) is 3.16. The molecule has 1 aromatic rings. The van der Waals surface area contributed by atoms with E-state index in [0.29, 0.717) is 18.0 Å². The lowest BCUT2D eigenvalue weighted by atomic mass is 10.2. The number of carbonyl (C=O) groups is 2. The summed E-state index contributed by atoms with van der Waals surface area (Å²) in [6, 6.07) is 5.25. The van der Waals surface area contributed by atoms with Crippen molar-refractivity contribution in [2.45, 2.75) is 18.9 Å². The van der Waals surface area contributed by atoms with Crippen LogP contribution in [0, 0.1) is 0 Å². The molecule has 136 valence electrons. The molecule has 1 amide bonds. The number of hydrogen-bond donors (Lipinski definition) is 1. The molecule has 0 aliphatic carbocycles. The van der Waals surface area contributed by atoms with Gasteiger partial charge in [0, 0.05) is 19.2 Å². The van der Waals surface area contributed by atoms with Crippen LogP contribution in [-0.2, 0) is 19.1 Å². The summed E-state index contributed by atoms with van der Waals surface area (Å²) in [5.41, 5.74) is 0.748. The molecule has 1 aliphatic heterocycles. The Labute approximate surface area is 146 Å². The first-order chi connectivity index (χ1) is 12.1. The lowest BCUT2D eigenvalue weighted by molar-refractivity contribution is -0.143. The van der Waals surface area contributed by atoms with Crippen LogP contribution in [0.1, 0.15) is 18.4 Å². The van der Waals surface area contributed by atoms with Crippen LogP contribution in [-0.4, -0.2) is 52.0 Å². The number of amides is 1. The molecule has 1 heterocycles. The van der Waals surface area contributed by atoms with E-state index in [1.54, 1.807) is 31.4 Å². The van der Waals surface area contributed by atoms with Crippen LogP contribution >= 0.6 is 0 Å². The van der Waals surface area contributed by atoms with Gasteiger partial charge in [-0.25, -0.2) is 4.79 Å². The van der Waals surface area contributed by atoms with Gasteiger partial charge >= 0.3 is 5.97 Å². The van der Waals surface area contributed by atoms with Crippen LogP contribution < -0.4 is 14.8 Å². The van der Waals surface area contributed by atoms with Crippen molar-refractivity contribution in [3.05, 3.63) is 29.8 Å². The van der Waals surface area contributed by atoms with Gasteiger partial charge in [0.1, 0.15) is 0 Å². The number of carbonyl (C=O) groups excluding carboxylic acids is 2. The third-order valence-corrected chi connectivity index (χ3v) is 3.72. The van der Waals surface area contributed by atoms with Crippen LogP contribution in [0.25, 0.3) is 6.08 Å². The summed E-state index contributed by atoms with van der Waals surface area (Å²) < 4.78 is 20.6. The zero-order valence-electron chi connectivity index (χ0n) is 14.4. The largest absolute Gasteiger partial charge is 0.493 e. The highest BCUT2D eigenvalue weighted by Crippen LogP contribution is 2.27. The smallest absolute Gasteiger partial charge is 0.331 e. The predicted octanol–water partition coefficient (Wildman–Crippen LogP) is 1.56. The molecular weight excluding hydrogens is 326 g/mol. The molecule has 1 aliphatic rings. The molecule has 1 fully saturated rings. The molecule has 0 saturated carbocycles. The number of nitrogens with one attached hydrogen (secondary N) is 1. The van der Waals surface area contributed by atoms with Crippen LogP contribution in [0.2, 0.25) is 0 Å². The van der Waals surface area contributed by atoms with E-state index in [-0.39, 0.29) is 18.6 Å². The third-order valence-electron chi connectivity index (χ3n) is 3.72. The molecule has 0 aromatic heterocycles. The average molecular weight is 349 g/mol. The molecule has 25 heavy (non-hydrogen) atoms.